The van der Waals surface area contributed by atoms with Crippen LogP contribution in [-0.4, -0.2) is 40.4 Å². The number of nitrogens with zero attached hydrogens (tertiary/aromatic N) is 3. The van der Waals surface area contributed by atoms with Gasteiger partial charge < -0.3 is 4.74 Å². The number of methoxy groups -OCH3 is 1. The van der Waals surface area contributed by atoms with Crippen molar-refractivity contribution in [2.45, 2.75) is 52.7 Å². The van der Waals surface area contributed by atoms with Crippen molar-refractivity contribution in [2.75, 3.05) is 20.2 Å². The fourth-order valence-electron chi connectivity index (χ4n) is 2.92. The van der Waals surface area contributed by atoms with Crippen LogP contribution < -0.4 is 16.0 Å². The van der Waals surface area contributed by atoms with Crippen LogP contribution in [0, 0.1) is 0 Å². The normalized spacial score (nSPS) is 13.8. The molecule has 6 heteroatoms. The lowest BCUT2D eigenvalue weighted by Crippen LogP contribution is -2.54. The van der Waals surface area contributed by atoms with E-state index < -0.39 is 0 Å². The van der Waals surface area contributed by atoms with E-state index in [-0.39, 0.29) is 11.6 Å². The second kappa shape index (κ2) is 7.06. The number of nitrogens with one attached hydrogen (secondary N) is 1. The van der Waals surface area contributed by atoms with Gasteiger partial charge in [0.15, 0.2) is 5.75 Å². The fourth-order valence-corrected chi connectivity index (χ4v) is 2.92. The van der Waals surface area contributed by atoms with Crippen LogP contribution >= 0.6 is 0 Å². The smallest absolute Gasteiger partial charge is 0.161 e. The van der Waals surface area contributed by atoms with Gasteiger partial charge >= 0.3 is 0 Å². The molecule has 0 saturated carbocycles. The lowest BCUT2D eigenvalue weighted by Gasteiger charge is -2.43. The van der Waals surface area contributed by atoms with Crippen LogP contribution in [0.15, 0.2) is 6.20 Å². The average Bonchev–Trinajstić information content (AvgIpc) is 2.83. The number of hydrogen-bond donors (Lipinski definition) is 2. The maximum Gasteiger partial charge on any atom is 0.161 e. The van der Waals surface area contributed by atoms with E-state index in [9.17, 15) is 0 Å². The van der Waals surface area contributed by atoms with Crippen molar-refractivity contribution in [3.05, 3.63) is 11.9 Å². The molecule has 0 fully saturated rings. The maximum atomic E-state index is 5.87. The summed E-state index contributed by atoms with van der Waals surface area (Å²) in [6, 6.07) is -0.0696. The van der Waals surface area contributed by atoms with Gasteiger partial charge in [-0.1, -0.05) is 13.8 Å². The molecular weight excluding hydrogens is 254 g/mol. The third-order valence-corrected chi connectivity index (χ3v) is 4.09. The SMILES string of the molecule is CCN(CC)C(C)(C)C(NN)c1c(OC)cnn1CC. The van der Waals surface area contributed by atoms with Crippen molar-refractivity contribution in [1.29, 1.82) is 0 Å². The third kappa shape index (κ3) is 2.97. The van der Waals surface area contributed by atoms with Crippen molar-refractivity contribution >= 4 is 0 Å². The van der Waals surface area contributed by atoms with Crippen LogP contribution in [0.5, 0.6) is 5.75 Å². The highest BCUT2D eigenvalue weighted by atomic mass is 16.5. The lowest BCUT2D eigenvalue weighted by atomic mass is 9.89. The predicted octanol–water partition coefficient (Wildman–Crippen LogP) is 1.54. The first-order valence-electron chi connectivity index (χ1n) is 7.28. The molecule has 1 aromatic heterocycles. The Kier molecular flexibility index (Phi) is 5.98. The first-order chi connectivity index (χ1) is 9.47. The molecule has 116 valence electrons. The minimum absolute atomic E-state index is 0.0696. The van der Waals surface area contributed by atoms with E-state index in [4.69, 9.17) is 10.6 Å². The average molecular weight is 283 g/mol. The Morgan fingerprint density at radius 3 is 2.40 bits per heavy atom. The predicted molar refractivity (Wildman–Crippen MR) is 81.5 cm³/mol. The van der Waals surface area contributed by atoms with E-state index >= 15 is 0 Å². The van der Waals surface area contributed by atoms with Gasteiger partial charge in [0.05, 0.1) is 19.3 Å². The van der Waals surface area contributed by atoms with Crippen molar-refractivity contribution in [1.82, 2.24) is 20.1 Å². The van der Waals surface area contributed by atoms with Crippen molar-refractivity contribution in [3.63, 3.8) is 0 Å². The maximum absolute atomic E-state index is 5.87. The summed E-state index contributed by atoms with van der Waals surface area (Å²) < 4.78 is 7.39. The summed E-state index contributed by atoms with van der Waals surface area (Å²) >= 11 is 0. The number of ether oxygens (including phenoxy) is 1. The zero-order chi connectivity index (χ0) is 15.3. The van der Waals surface area contributed by atoms with Crippen molar-refractivity contribution in [3.8, 4) is 5.75 Å². The molecule has 1 aromatic rings. The fraction of sp³-hybridized carbons (Fsp3) is 0.786. The number of likely N-dealkylation sites (N-methyl/N-ethyl adjacent to an activating group) is 1. The van der Waals surface area contributed by atoms with E-state index in [1.54, 1.807) is 13.3 Å². The Labute approximate surface area is 122 Å². The Balaban J connectivity index is 3.28. The van der Waals surface area contributed by atoms with Gasteiger partial charge in [-0.25, -0.2) is 5.43 Å². The molecule has 0 bridgehead atoms. The lowest BCUT2D eigenvalue weighted by molar-refractivity contribution is 0.0863. The minimum atomic E-state index is -0.154. The van der Waals surface area contributed by atoms with Gasteiger partial charge in [-0.3, -0.25) is 15.4 Å². The highest BCUT2D eigenvalue weighted by Crippen LogP contribution is 2.35. The topological polar surface area (TPSA) is 68.3 Å². The quantitative estimate of drug-likeness (QED) is 0.559. The Morgan fingerprint density at radius 2 is 2.00 bits per heavy atom. The molecule has 0 aliphatic carbocycles. The van der Waals surface area contributed by atoms with Gasteiger partial charge in [-0.05, 0) is 33.9 Å². The number of aromatic nitrogens is 2. The Bertz CT molecular complexity index is 390. The van der Waals surface area contributed by atoms with Crippen molar-refractivity contribution in [2.24, 2.45) is 5.84 Å². The molecule has 0 aliphatic heterocycles. The summed E-state index contributed by atoms with van der Waals surface area (Å²) in [4.78, 5) is 2.38. The van der Waals surface area contributed by atoms with Crippen LogP contribution in [0.4, 0.5) is 0 Å². The van der Waals surface area contributed by atoms with E-state index in [1.165, 1.54) is 0 Å². The van der Waals surface area contributed by atoms with Gasteiger partial charge in [0.2, 0.25) is 0 Å². The van der Waals surface area contributed by atoms with Gasteiger partial charge in [-0.2, -0.15) is 5.10 Å². The van der Waals surface area contributed by atoms with Crippen LogP contribution in [0.3, 0.4) is 0 Å². The van der Waals surface area contributed by atoms with E-state index in [0.717, 1.165) is 31.1 Å². The largest absolute Gasteiger partial charge is 0.493 e. The molecule has 0 saturated heterocycles. The number of nitrogens with two attached hydrogens (primary N) is 1. The highest BCUT2D eigenvalue weighted by Gasteiger charge is 2.38. The van der Waals surface area contributed by atoms with Gasteiger partial charge in [0.1, 0.15) is 5.69 Å². The molecule has 0 spiro atoms. The summed E-state index contributed by atoms with van der Waals surface area (Å²) in [5, 5.41) is 4.38. The summed E-state index contributed by atoms with van der Waals surface area (Å²) in [6.07, 6.45) is 1.75. The summed E-state index contributed by atoms with van der Waals surface area (Å²) in [5.41, 5.74) is 3.80. The molecule has 0 amide bonds. The highest BCUT2D eigenvalue weighted by molar-refractivity contribution is 5.30. The Hall–Kier alpha value is -1.11. The second-order valence-corrected chi connectivity index (χ2v) is 5.34. The molecule has 1 heterocycles. The van der Waals surface area contributed by atoms with Crippen molar-refractivity contribution < 1.29 is 4.74 Å². The van der Waals surface area contributed by atoms with E-state index in [1.807, 2.05) is 4.68 Å². The van der Waals surface area contributed by atoms with Gasteiger partial charge in [0, 0.05) is 12.1 Å². The molecule has 1 unspecified atom stereocenters. The third-order valence-electron chi connectivity index (χ3n) is 4.09. The number of hydrazine groups is 1. The molecule has 0 aliphatic rings. The van der Waals surface area contributed by atoms with Crippen LogP contribution in [-0.2, 0) is 6.54 Å². The molecule has 1 rings (SSSR count). The first-order valence-corrected chi connectivity index (χ1v) is 7.28. The molecular formula is C14H29N5O. The summed E-state index contributed by atoms with van der Waals surface area (Å²) in [6.45, 7) is 13.5. The first kappa shape index (κ1) is 16.9. The van der Waals surface area contributed by atoms with E-state index in [0.29, 0.717) is 0 Å². The molecule has 0 aromatic carbocycles. The van der Waals surface area contributed by atoms with Gasteiger partial charge in [-0.15, -0.1) is 0 Å². The monoisotopic (exact) mass is 283 g/mol. The number of aryl methyl sites for hydroxylation is 1. The Morgan fingerprint density at radius 1 is 1.40 bits per heavy atom. The summed E-state index contributed by atoms with van der Waals surface area (Å²) in [5.74, 6) is 6.64. The van der Waals surface area contributed by atoms with Crippen LogP contribution in [0.1, 0.15) is 46.4 Å². The standard InChI is InChI=1S/C14H29N5O/c1-7-18(8-2)14(4,5)13(17-15)12-11(20-6)10-16-19(12)9-3/h10,13,17H,7-9,15H2,1-6H3. The molecule has 20 heavy (non-hydrogen) atoms. The van der Waals surface area contributed by atoms with Crippen LogP contribution in [0.2, 0.25) is 0 Å². The van der Waals surface area contributed by atoms with E-state index in [2.05, 4.69) is 50.0 Å². The zero-order valence-corrected chi connectivity index (χ0v) is 13.6. The second-order valence-electron chi connectivity index (χ2n) is 5.34. The number of hydrogen-bond acceptors (Lipinski definition) is 5. The molecule has 3 N–H and O–H groups in total. The minimum Gasteiger partial charge on any atom is -0.493 e. The summed E-state index contributed by atoms with van der Waals surface area (Å²) in [7, 11) is 1.67. The molecule has 6 nitrogen and oxygen atoms in total. The number of rotatable bonds is 8. The molecule has 0 radical (unpaired) electrons. The van der Waals surface area contributed by atoms with Gasteiger partial charge in [0.25, 0.3) is 0 Å². The van der Waals surface area contributed by atoms with Crippen LogP contribution in [0.25, 0.3) is 0 Å². The zero-order valence-electron chi connectivity index (χ0n) is 13.6. The molecule has 1 atom stereocenters.